The lowest BCUT2D eigenvalue weighted by Crippen LogP contribution is -2.10. The van der Waals surface area contributed by atoms with Gasteiger partial charge in [0.1, 0.15) is 17.4 Å². The minimum atomic E-state index is -4.79. The molecule has 0 unspecified atom stereocenters. The topological polar surface area (TPSA) is 45.9 Å². The summed E-state index contributed by atoms with van der Waals surface area (Å²) in [6.45, 7) is 0. The molecule has 0 N–H and O–H groups in total. The fourth-order valence-corrected chi connectivity index (χ4v) is 2.93. The average Bonchev–Trinajstić information content (AvgIpc) is 2.63. The van der Waals surface area contributed by atoms with Crippen molar-refractivity contribution >= 4 is 34.8 Å². The van der Waals surface area contributed by atoms with E-state index in [9.17, 15) is 18.4 Å². The van der Waals surface area contributed by atoms with Gasteiger partial charge < -0.3 is 4.74 Å². The summed E-state index contributed by atoms with van der Waals surface area (Å²) in [7, 11) is 0. The van der Waals surface area contributed by atoms with E-state index >= 15 is 0 Å². The van der Waals surface area contributed by atoms with Gasteiger partial charge in [-0.2, -0.15) is 18.4 Å². The second-order valence-corrected chi connectivity index (χ2v) is 6.81. The third kappa shape index (κ3) is 4.33. The fraction of sp³-hybridized carbons (Fsp3) is 0.0526. The Balaban J connectivity index is 2.20. The van der Waals surface area contributed by atoms with Crippen LogP contribution in [0.15, 0.2) is 48.5 Å². The number of benzene rings is 2. The van der Waals surface area contributed by atoms with E-state index in [-0.39, 0.29) is 16.5 Å². The van der Waals surface area contributed by atoms with E-state index in [0.29, 0.717) is 15.6 Å². The molecule has 0 aliphatic rings. The van der Waals surface area contributed by atoms with Crippen LogP contribution >= 0.6 is 34.8 Å². The molecule has 0 bridgehead atoms. The molecule has 0 fully saturated rings. The first-order valence-corrected chi connectivity index (χ1v) is 8.73. The van der Waals surface area contributed by atoms with Crippen LogP contribution in [-0.4, -0.2) is 4.98 Å². The van der Waals surface area contributed by atoms with Crippen LogP contribution in [0.3, 0.4) is 0 Å². The molecule has 0 amide bonds. The van der Waals surface area contributed by atoms with Gasteiger partial charge in [-0.3, -0.25) is 0 Å². The summed E-state index contributed by atoms with van der Waals surface area (Å²) < 4.78 is 46.1. The zero-order valence-electron chi connectivity index (χ0n) is 13.7. The quantitative estimate of drug-likeness (QED) is 0.424. The third-order valence-corrected chi connectivity index (χ3v) is 4.43. The van der Waals surface area contributed by atoms with Crippen LogP contribution in [-0.2, 0) is 6.18 Å². The third-order valence-electron chi connectivity index (χ3n) is 3.64. The van der Waals surface area contributed by atoms with Crippen molar-refractivity contribution in [3.05, 3.63) is 74.7 Å². The number of ether oxygens (including phenoxy) is 1. The Morgan fingerprint density at radius 2 is 1.57 bits per heavy atom. The lowest BCUT2D eigenvalue weighted by molar-refractivity contribution is -0.137. The Morgan fingerprint density at radius 1 is 0.929 bits per heavy atom. The minimum Gasteiger partial charge on any atom is -0.436 e. The molecule has 0 saturated carbocycles. The van der Waals surface area contributed by atoms with E-state index in [2.05, 4.69) is 4.98 Å². The number of pyridine rings is 1. The van der Waals surface area contributed by atoms with Crippen molar-refractivity contribution < 1.29 is 17.9 Å². The van der Waals surface area contributed by atoms with E-state index < -0.39 is 23.2 Å². The maximum atomic E-state index is 13.5. The monoisotopic (exact) mass is 442 g/mol. The summed E-state index contributed by atoms with van der Waals surface area (Å²) in [5.41, 5.74) is -1.60. The number of hydrogen-bond donors (Lipinski definition) is 0. The molecule has 2 aromatic carbocycles. The van der Waals surface area contributed by atoms with E-state index in [1.165, 1.54) is 48.5 Å². The zero-order valence-corrected chi connectivity index (χ0v) is 16.0. The maximum Gasteiger partial charge on any atom is 0.417 e. The minimum absolute atomic E-state index is 0.0106. The number of nitrogens with zero attached hydrogens (tertiary/aromatic N) is 2. The molecule has 0 atom stereocenters. The first-order valence-electron chi connectivity index (χ1n) is 7.60. The normalized spacial score (nSPS) is 11.2. The van der Waals surface area contributed by atoms with Gasteiger partial charge in [0.15, 0.2) is 0 Å². The summed E-state index contributed by atoms with van der Waals surface area (Å²) in [4.78, 5) is 4.10. The highest BCUT2D eigenvalue weighted by Crippen LogP contribution is 2.40. The molecule has 1 heterocycles. The van der Waals surface area contributed by atoms with E-state index in [1.54, 1.807) is 0 Å². The lowest BCUT2D eigenvalue weighted by atomic mass is 10.0. The van der Waals surface area contributed by atoms with Gasteiger partial charge >= 0.3 is 6.18 Å². The zero-order chi connectivity index (χ0) is 20.5. The van der Waals surface area contributed by atoms with Crippen molar-refractivity contribution in [3.63, 3.8) is 0 Å². The molecule has 9 heteroatoms. The molecular weight excluding hydrogens is 436 g/mol. The van der Waals surface area contributed by atoms with Gasteiger partial charge in [0.25, 0.3) is 0 Å². The fourth-order valence-electron chi connectivity index (χ4n) is 2.36. The van der Waals surface area contributed by atoms with Gasteiger partial charge in [-0.05, 0) is 36.4 Å². The van der Waals surface area contributed by atoms with Crippen molar-refractivity contribution in [1.82, 2.24) is 4.98 Å². The highest BCUT2D eigenvalue weighted by atomic mass is 35.5. The number of halogens is 6. The van der Waals surface area contributed by atoms with Gasteiger partial charge in [-0.25, -0.2) is 4.98 Å². The molecule has 142 valence electrons. The van der Waals surface area contributed by atoms with Crippen LogP contribution in [0, 0.1) is 11.3 Å². The van der Waals surface area contributed by atoms with Crippen LogP contribution < -0.4 is 4.74 Å². The molecule has 28 heavy (non-hydrogen) atoms. The average molecular weight is 444 g/mol. The van der Waals surface area contributed by atoms with Crippen molar-refractivity contribution in [2.45, 2.75) is 6.18 Å². The number of rotatable bonds is 3. The second kappa shape index (κ2) is 7.88. The smallest absolute Gasteiger partial charge is 0.417 e. The van der Waals surface area contributed by atoms with Gasteiger partial charge in [-0.1, -0.05) is 46.9 Å². The molecule has 3 nitrogen and oxygen atoms in total. The van der Waals surface area contributed by atoms with Gasteiger partial charge in [-0.15, -0.1) is 0 Å². The number of aromatic nitrogens is 1. The Hall–Kier alpha value is -2.46. The van der Waals surface area contributed by atoms with Crippen LogP contribution in [0.5, 0.6) is 11.6 Å². The molecule has 3 aromatic rings. The molecule has 0 radical (unpaired) electrons. The summed E-state index contributed by atoms with van der Waals surface area (Å²) in [5.74, 6) is -0.511. The predicted octanol–water partition coefficient (Wildman–Crippen LogP) is 7.39. The van der Waals surface area contributed by atoms with Crippen molar-refractivity contribution in [2.24, 2.45) is 0 Å². The Morgan fingerprint density at radius 3 is 2.14 bits per heavy atom. The van der Waals surface area contributed by atoms with E-state index in [0.717, 1.165) is 6.07 Å². The van der Waals surface area contributed by atoms with Crippen molar-refractivity contribution in [1.29, 1.82) is 5.26 Å². The second-order valence-electron chi connectivity index (χ2n) is 5.53. The summed E-state index contributed by atoms with van der Waals surface area (Å²) in [5, 5.41) is 10.1. The van der Waals surface area contributed by atoms with E-state index in [4.69, 9.17) is 39.5 Å². The van der Waals surface area contributed by atoms with Crippen LogP contribution in [0.25, 0.3) is 11.3 Å². The van der Waals surface area contributed by atoms with E-state index in [1.807, 2.05) is 0 Å². The number of nitriles is 1. The highest BCUT2D eigenvalue weighted by molar-refractivity contribution is 6.35. The summed E-state index contributed by atoms with van der Waals surface area (Å²) in [6, 6.07) is 12.5. The summed E-state index contributed by atoms with van der Waals surface area (Å²) in [6.07, 6.45) is -4.79. The van der Waals surface area contributed by atoms with Gasteiger partial charge in [0, 0.05) is 15.6 Å². The van der Waals surface area contributed by atoms with Crippen LogP contribution in [0.1, 0.15) is 11.1 Å². The van der Waals surface area contributed by atoms with Crippen molar-refractivity contribution in [3.8, 4) is 29.0 Å². The van der Waals surface area contributed by atoms with Gasteiger partial charge in [0.2, 0.25) is 5.88 Å². The van der Waals surface area contributed by atoms with Gasteiger partial charge in [0.05, 0.1) is 16.3 Å². The molecule has 0 aliphatic carbocycles. The Labute approximate surface area is 172 Å². The Bertz CT molecular complexity index is 1080. The molecule has 0 spiro atoms. The first kappa shape index (κ1) is 20.3. The van der Waals surface area contributed by atoms with Crippen molar-refractivity contribution in [2.75, 3.05) is 0 Å². The molecule has 1 aromatic heterocycles. The highest BCUT2D eigenvalue weighted by Gasteiger charge is 2.36. The molecule has 3 rings (SSSR count). The predicted molar refractivity (Wildman–Crippen MR) is 101 cm³/mol. The first-order chi connectivity index (χ1) is 13.2. The Kier molecular flexibility index (Phi) is 5.71. The maximum absolute atomic E-state index is 13.5. The largest absolute Gasteiger partial charge is 0.436 e. The number of alkyl halides is 3. The van der Waals surface area contributed by atoms with Crippen LogP contribution in [0.4, 0.5) is 13.2 Å². The lowest BCUT2D eigenvalue weighted by Gasteiger charge is -2.15. The number of hydrogen-bond acceptors (Lipinski definition) is 3. The standard InChI is InChI=1S/C19H8Cl3F3N2O/c20-11-3-1-10(2-4-11)16-8-14(19(23,24)25)13(9-26)18(27-16)28-17-6-5-12(21)7-15(17)22/h1-8H. The molecule has 0 aliphatic heterocycles. The molecule has 0 saturated heterocycles. The molecular formula is C19H8Cl3F3N2O. The van der Waals surface area contributed by atoms with Crippen LogP contribution in [0.2, 0.25) is 15.1 Å². The SMILES string of the molecule is N#Cc1c(C(F)(F)F)cc(-c2ccc(Cl)cc2)nc1Oc1ccc(Cl)cc1Cl. The summed E-state index contributed by atoms with van der Waals surface area (Å²) >= 11 is 17.7.